The molecule has 7 nitrogen and oxygen atoms in total. The fraction of sp³-hybridized carbons (Fsp3) is 0.435. The number of benzene rings is 1. The lowest BCUT2D eigenvalue weighted by Crippen LogP contribution is -2.26. The van der Waals surface area contributed by atoms with E-state index in [1.807, 2.05) is 26.0 Å². The molecule has 0 unspecified atom stereocenters. The highest BCUT2D eigenvalue weighted by atomic mass is 16.5. The smallest absolute Gasteiger partial charge is 0.273 e. The van der Waals surface area contributed by atoms with Gasteiger partial charge in [0.25, 0.3) is 5.91 Å². The van der Waals surface area contributed by atoms with Crippen LogP contribution in [0.15, 0.2) is 28.8 Å². The zero-order chi connectivity index (χ0) is 21.3. The SMILES string of the molecule is Cc1ccc(-c2cc(C(=O)NCCc3nn(C(C)C)c4c3COCC4)no2)c(C)c1. The zero-order valence-electron chi connectivity index (χ0n) is 18.0. The highest BCUT2D eigenvalue weighted by Crippen LogP contribution is 2.25. The van der Waals surface area contributed by atoms with Gasteiger partial charge in [-0.15, -0.1) is 0 Å². The first kappa shape index (κ1) is 20.3. The summed E-state index contributed by atoms with van der Waals surface area (Å²) in [5, 5.41) is 11.7. The van der Waals surface area contributed by atoms with Crippen molar-refractivity contribution in [3.63, 3.8) is 0 Å². The Kier molecular flexibility index (Phi) is 5.72. The van der Waals surface area contributed by atoms with Crippen molar-refractivity contribution in [2.24, 2.45) is 0 Å². The Morgan fingerprint density at radius 3 is 2.87 bits per heavy atom. The van der Waals surface area contributed by atoms with E-state index in [1.54, 1.807) is 6.07 Å². The minimum absolute atomic E-state index is 0.247. The molecule has 0 radical (unpaired) electrons. The van der Waals surface area contributed by atoms with Crippen LogP contribution in [-0.4, -0.2) is 34.0 Å². The van der Waals surface area contributed by atoms with Crippen molar-refractivity contribution < 1.29 is 14.1 Å². The highest BCUT2D eigenvalue weighted by Gasteiger charge is 2.22. The van der Waals surface area contributed by atoms with Crippen molar-refractivity contribution in [1.29, 1.82) is 0 Å². The van der Waals surface area contributed by atoms with Crippen LogP contribution in [0.3, 0.4) is 0 Å². The fourth-order valence-electron chi connectivity index (χ4n) is 3.94. The molecular weight excluding hydrogens is 380 g/mol. The Hall–Kier alpha value is -2.93. The number of hydrogen-bond acceptors (Lipinski definition) is 5. The number of aryl methyl sites for hydroxylation is 2. The first-order chi connectivity index (χ1) is 14.4. The van der Waals surface area contributed by atoms with E-state index < -0.39 is 0 Å². The van der Waals surface area contributed by atoms with Crippen molar-refractivity contribution in [2.75, 3.05) is 13.2 Å². The number of carbonyl (C=O) groups is 1. The van der Waals surface area contributed by atoms with Crippen LogP contribution in [0.5, 0.6) is 0 Å². The maximum absolute atomic E-state index is 12.5. The molecule has 0 saturated heterocycles. The molecule has 3 aromatic rings. The van der Waals surface area contributed by atoms with Crippen LogP contribution >= 0.6 is 0 Å². The summed E-state index contributed by atoms with van der Waals surface area (Å²) in [6, 6.07) is 8.09. The topological polar surface area (TPSA) is 82.2 Å². The number of hydrogen-bond donors (Lipinski definition) is 1. The van der Waals surface area contributed by atoms with E-state index in [1.165, 1.54) is 16.8 Å². The minimum atomic E-state index is -0.247. The lowest BCUT2D eigenvalue weighted by Gasteiger charge is -2.16. The molecule has 0 spiro atoms. The molecule has 7 heteroatoms. The first-order valence-corrected chi connectivity index (χ1v) is 10.4. The molecule has 1 amide bonds. The van der Waals surface area contributed by atoms with Gasteiger partial charge in [-0.2, -0.15) is 5.10 Å². The Bertz CT molecular complexity index is 1060. The van der Waals surface area contributed by atoms with E-state index in [0.717, 1.165) is 29.8 Å². The molecule has 0 bridgehead atoms. The van der Waals surface area contributed by atoms with Gasteiger partial charge in [-0.1, -0.05) is 28.9 Å². The van der Waals surface area contributed by atoms with Crippen molar-refractivity contribution in [1.82, 2.24) is 20.3 Å². The second-order valence-corrected chi connectivity index (χ2v) is 8.11. The number of fused-ring (bicyclic) bond motifs is 1. The summed E-state index contributed by atoms with van der Waals surface area (Å²) in [6.45, 7) is 10.1. The second kappa shape index (κ2) is 8.44. The number of nitrogens with one attached hydrogen (secondary N) is 1. The summed E-state index contributed by atoms with van der Waals surface area (Å²) in [5.74, 6) is 0.350. The van der Waals surface area contributed by atoms with Gasteiger partial charge in [0, 0.05) is 48.3 Å². The number of nitrogens with zero attached hydrogens (tertiary/aromatic N) is 3. The number of rotatable bonds is 6. The number of carbonyl (C=O) groups excluding carboxylic acids is 1. The summed E-state index contributed by atoms with van der Waals surface area (Å²) >= 11 is 0. The summed E-state index contributed by atoms with van der Waals surface area (Å²) < 4.78 is 13.1. The Morgan fingerprint density at radius 1 is 1.27 bits per heavy atom. The van der Waals surface area contributed by atoms with Crippen LogP contribution in [-0.2, 0) is 24.2 Å². The van der Waals surface area contributed by atoms with Crippen molar-refractivity contribution in [3.05, 3.63) is 58.0 Å². The van der Waals surface area contributed by atoms with Crippen molar-refractivity contribution in [3.8, 4) is 11.3 Å². The molecule has 0 saturated carbocycles. The molecule has 1 aromatic carbocycles. The molecule has 2 aromatic heterocycles. The number of aromatic nitrogens is 3. The average Bonchev–Trinajstić information content (AvgIpc) is 3.34. The van der Waals surface area contributed by atoms with E-state index in [9.17, 15) is 4.79 Å². The second-order valence-electron chi connectivity index (χ2n) is 8.11. The van der Waals surface area contributed by atoms with Gasteiger partial charge in [0.1, 0.15) is 0 Å². The molecule has 0 atom stereocenters. The van der Waals surface area contributed by atoms with Gasteiger partial charge in [-0.25, -0.2) is 0 Å². The molecule has 0 fully saturated rings. The van der Waals surface area contributed by atoms with Crippen LogP contribution in [0.1, 0.15) is 58.5 Å². The summed E-state index contributed by atoms with van der Waals surface area (Å²) in [6.07, 6.45) is 1.53. The lowest BCUT2D eigenvalue weighted by atomic mass is 10.0. The third-order valence-corrected chi connectivity index (χ3v) is 5.46. The average molecular weight is 409 g/mol. The fourth-order valence-corrected chi connectivity index (χ4v) is 3.94. The summed E-state index contributed by atoms with van der Waals surface area (Å²) in [5.41, 5.74) is 6.91. The van der Waals surface area contributed by atoms with Gasteiger partial charge in [0.2, 0.25) is 0 Å². The van der Waals surface area contributed by atoms with Gasteiger partial charge in [-0.3, -0.25) is 9.48 Å². The number of amides is 1. The lowest BCUT2D eigenvalue weighted by molar-refractivity contribution is 0.0945. The van der Waals surface area contributed by atoms with Gasteiger partial charge in [-0.05, 0) is 33.3 Å². The molecular formula is C23H28N4O3. The number of ether oxygens (including phenoxy) is 1. The maximum Gasteiger partial charge on any atom is 0.273 e. The molecule has 30 heavy (non-hydrogen) atoms. The Balaban J connectivity index is 1.41. The van der Waals surface area contributed by atoms with Gasteiger partial charge in [0.15, 0.2) is 11.5 Å². The predicted octanol–water partition coefficient (Wildman–Crippen LogP) is 3.78. The maximum atomic E-state index is 12.5. The quantitative estimate of drug-likeness (QED) is 0.671. The van der Waals surface area contributed by atoms with Crippen LogP contribution in [0, 0.1) is 13.8 Å². The van der Waals surface area contributed by atoms with Crippen molar-refractivity contribution in [2.45, 2.75) is 53.2 Å². The van der Waals surface area contributed by atoms with E-state index in [0.29, 0.717) is 31.4 Å². The van der Waals surface area contributed by atoms with Gasteiger partial charge < -0.3 is 14.6 Å². The standard InChI is InChI=1S/C23H28N4O3/c1-14(2)27-21-8-10-29-13-18(21)19(25-27)7-9-24-23(28)20-12-22(30-26-20)17-6-5-15(3)11-16(17)4/h5-6,11-12,14H,7-10,13H2,1-4H3,(H,24,28). The normalized spacial score (nSPS) is 13.5. The third-order valence-electron chi connectivity index (χ3n) is 5.46. The van der Waals surface area contributed by atoms with E-state index in [4.69, 9.17) is 14.4 Å². The largest absolute Gasteiger partial charge is 0.376 e. The highest BCUT2D eigenvalue weighted by molar-refractivity contribution is 5.93. The molecule has 1 aliphatic rings. The molecule has 4 rings (SSSR count). The monoisotopic (exact) mass is 408 g/mol. The van der Waals surface area contributed by atoms with Gasteiger partial charge in [0.05, 0.1) is 18.9 Å². The Morgan fingerprint density at radius 2 is 2.10 bits per heavy atom. The van der Waals surface area contributed by atoms with Crippen LogP contribution in [0.2, 0.25) is 0 Å². The molecule has 158 valence electrons. The summed E-state index contributed by atoms with van der Waals surface area (Å²) in [4.78, 5) is 12.5. The first-order valence-electron chi connectivity index (χ1n) is 10.4. The predicted molar refractivity (Wildman–Crippen MR) is 113 cm³/mol. The molecule has 1 aliphatic heterocycles. The molecule has 0 aliphatic carbocycles. The summed E-state index contributed by atoms with van der Waals surface area (Å²) in [7, 11) is 0. The van der Waals surface area contributed by atoms with Gasteiger partial charge >= 0.3 is 0 Å². The van der Waals surface area contributed by atoms with E-state index in [-0.39, 0.29) is 11.6 Å². The van der Waals surface area contributed by atoms with Crippen molar-refractivity contribution >= 4 is 5.91 Å². The Labute approximate surface area is 176 Å². The van der Waals surface area contributed by atoms with Crippen LogP contribution in [0.25, 0.3) is 11.3 Å². The third kappa shape index (κ3) is 4.03. The van der Waals surface area contributed by atoms with Crippen LogP contribution in [0.4, 0.5) is 0 Å². The van der Waals surface area contributed by atoms with E-state index >= 15 is 0 Å². The van der Waals surface area contributed by atoms with E-state index in [2.05, 4.69) is 35.1 Å². The molecule has 1 N–H and O–H groups in total. The zero-order valence-corrected chi connectivity index (χ0v) is 18.0. The van der Waals surface area contributed by atoms with Crippen LogP contribution < -0.4 is 5.32 Å². The minimum Gasteiger partial charge on any atom is -0.376 e. The molecule has 3 heterocycles.